The lowest BCUT2D eigenvalue weighted by Gasteiger charge is -2.12. The Bertz CT molecular complexity index is 1320. The molecular formula is C47H68O. The molecule has 0 fully saturated rings. The van der Waals surface area contributed by atoms with Gasteiger partial charge in [0.2, 0.25) is 0 Å². The Morgan fingerprint density at radius 2 is 0.875 bits per heavy atom. The van der Waals surface area contributed by atoms with Crippen LogP contribution in [0.4, 0.5) is 0 Å². The van der Waals surface area contributed by atoms with Crippen LogP contribution in [0.25, 0.3) is 0 Å². The number of ether oxygens (including phenoxy) is 1. The zero-order valence-electron chi connectivity index (χ0n) is 32.3. The molecule has 0 spiro atoms. The third-order valence-corrected chi connectivity index (χ3v) is 9.18. The Kier molecular flexibility index (Phi) is 19.7. The first-order valence-corrected chi connectivity index (χ1v) is 18.8. The summed E-state index contributed by atoms with van der Waals surface area (Å²) < 4.78 is 5.09. The Balaban J connectivity index is 0.000000223. The van der Waals surface area contributed by atoms with Crippen molar-refractivity contribution in [2.75, 3.05) is 7.11 Å². The summed E-state index contributed by atoms with van der Waals surface area (Å²) in [6.07, 6.45) is 10.1. The molecule has 0 saturated carbocycles. The van der Waals surface area contributed by atoms with E-state index in [9.17, 15) is 0 Å². The van der Waals surface area contributed by atoms with E-state index in [1.807, 2.05) is 12.1 Å². The van der Waals surface area contributed by atoms with Gasteiger partial charge in [0.15, 0.2) is 0 Å². The molecule has 0 amide bonds. The van der Waals surface area contributed by atoms with E-state index >= 15 is 0 Å². The van der Waals surface area contributed by atoms with Crippen molar-refractivity contribution in [2.24, 2.45) is 29.6 Å². The second-order valence-electron chi connectivity index (χ2n) is 15.3. The van der Waals surface area contributed by atoms with Gasteiger partial charge in [-0.3, -0.25) is 0 Å². The molecule has 0 radical (unpaired) electrons. The molecule has 5 rings (SSSR count). The SMILES string of the molecule is CC(C)C1Cc2ccccc2C1.CC(C)CCc1ccccc1.COc1ccc(CCC(C)C)cc1.Cc1ccc(CCC(C)C)cc1. The maximum atomic E-state index is 5.09. The van der Waals surface area contributed by atoms with Crippen molar-refractivity contribution >= 4 is 0 Å². The minimum absolute atomic E-state index is 0.780. The van der Waals surface area contributed by atoms with E-state index in [1.54, 1.807) is 18.2 Å². The summed E-state index contributed by atoms with van der Waals surface area (Å²) >= 11 is 0. The molecule has 4 aromatic rings. The molecule has 0 N–H and O–H groups in total. The molecule has 0 saturated heterocycles. The average molecular weight is 649 g/mol. The standard InChI is InChI=1S/C12H18O.C12H16.C12H18.C11H16/c1-10(2)4-5-11-6-8-12(13-3)9-7-11;1-9(2)12-7-10-5-3-4-6-11(10)8-12;1-10(2)4-7-12-8-5-11(3)6-9-12;1-10(2)8-9-11-6-4-3-5-7-11/h6-10H,4-5H2,1-3H3;3-6,9,12H,7-8H2,1-2H3;5-6,8-10H,4,7H2,1-3H3;3-7,10H,8-9H2,1-2H3. The van der Waals surface area contributed by atoms with Gasteiger partial charge in [0.1, 0.15) is 5.75 Å². The second-order valence-corrected chi connectivity index (χ2v) is 15.3. The minimum atomic E-state index is 0.780. The van der Waals surface area contributed by atoms with Crippen LogP contribution in [-0.2, 0) is 32.1 Å². The van der Waals surface area contributed by atoms with Crippen molar-refractivity contribution in [3.05, 3.63) is 137 Å². The molecule has 4 aromatic carbocycles. The van der Waals surface area contributed by atoms with Crippen LogP contribution in [0.1, 0.15) is 108 Å². The van der Waals surface area contributed by atoms with E-state index < -0.39 is 0 Å². The van der Waals surface area contributed by atoms with Crippen molar-refractivity contribution in [1.82, 2.24) is 0 Å². The molecular weight excluding hydrogens is 581 g/mol. The minimum Gasteiger partial charge on any atom is -0.497 e. The molecule has 0 unspecified atom stereocenters. The fourth-order valence-electron chi connectivity index (χ4n) is 5.62. The van der Waals surface area contributed by atoms with Crippen LogP contribution in [0.3, 0.4) is 0 Å². The zero-order chi connectivity index (χ0) is 35.3. The van der Waals surface area contributed by atoms with Gasteiger partial charge in [0.25, 0.3) is 0 Å². The van der Waals surface area contributed by atoms with E-state index in [1.165, 1.54) is 73.6 Å². The van der Waals surface area contributed by atoms with Gasteiger partial charge in [-0.1, -0.05) is 152 Å². The van der Waals surface area contributed by atoms with Gasteiger partial charge in [-0.25, -0.2) is 0 Å². The predicted molar refractivity (Wildman–Crippen MR) is 212 cm³/mol. The van der Waals surface area contributed by atoms with Gasteiger partial charge in [0.05, 0.1) is 7.11 Å². The number of fused-ring (bicyclic) bond motifs is 1. The maximum Gasteiger partial charge on any atom is 0.118 e. The van der Waals surface area contributed by atoms with E-state index in [4.69, 9.17) is 4.74 Å². The number of hydrogen-bond donors (Lipinski definition) is 0. The number of rotatable bonds is 11. The number of benzene rings is 4. The summed E-state index contributed by atoms with van der Waals surface area (Å²) in [5.74, 6) is 5.07. The summed E-state index contributed by atoms with van der Waals surface area (Å²) in [7, 11) is 1.70. The Labute approximate surface area is 296 Å². The third kappa shape index (κ3) is 17.7. The van der Waals surface area contributed by atoms with Crippen molar-refractivity contribution in [3.63, 3.8) is 0 Å². The van der Waals surface area contributed by atoms with Crippen molar-refractivity contribution in [2.45, 2.75) is 114 Å². The molecule has 262 valence electrons. The van der Waals surface area contributed by atoms with E-state index in [2.05, 4.69) is 153 Å². The molecule has 0 aromatic heterocycles. The molecule has 48 heavy (non-hydrogen) atoms. The number of methoxy groups -OCH3 is 1. The molecule has 1 heteroatoms. The first kappa shape index (κ1) is 40.9. The lowest BCUT2D eigenvalue weighted by Crippen LogP contribution is -2.07. The van der Waals surface area contributed by atoms with Crippen LogP contribution >= 0.6 is 0 Å². The first-order chi connectivity index (χ1) is 23.0. The van der Waals surface area contributed by atoms with Crippen LogP contribution in [0.2, 0.25) is 0 Å². The van der Waals surface area contributed by atoms with Gasteiger partial charge in [0, 0.05) is 0 Å². The van der Waals surface area contributed by atoms with E-state index in [0.717, 1.165) is 35.3 Å². The molecule has 0 bridgehead atoms. The van der Waals surface area contributed by atoms with Crippen molar-refractivity contribution < 1.29 is 4.74 Å². The largest absolute Gasteiger partial charge is 0.497 e. The van der Waals surface area contributed by atoms with Gasteiger partial charge in [-0.2, -0.15) is 0 Å². The highest BCUT2D eigenvalue weighted by Gasteiger charge is 2.22. The van der Waals surface area contributed by atoms with Crippen LogP contribution < -0.4 is 4.74 Å². The van der Waals surface area contributed by atoms with Crippen LogP contribution in [0.15, 0.2) is 103 Å². The summed E-state index contributed by atoms with van der Waals surface area (Å²) in [6.45, 7) is 20.4. The van der Waals surface area contributed by atoms with E-state index in [0.29, 0.717) is 0 Å². The molecule has 1 nitrogen and oxygen atoms in total. The zero-order valence-corrected chi connectivity index (χ0v) is 32.3. The van der Waals surface area contributed by atoms with Gasteiger partial charge in [-0.05, 0) is 128 Å². The molecule has 0 aliphatic heterocycles. The number of aryl methyl sites for hydroxylation is 4. The summed E-state index contributed by atoms with van der Waals surface area (Å²) in [5, 5.41) is 0. The normalized spacial score (nSPS) is 12.1. The Morgan fingerprint density at radius 1 is 0.500 bits per heavy atom. The average Bonchev–Trinajstić information content (AvgIpc) is 3.53. The quantitative estimate of drug-likeness (QED) is 0.157. The lowest BCUT2D eigenvalue weighted by molar-refractivity contribution is 0.404. The first-order valence-electron chi connectivity index (χ1n) is 18.8. The summed E-state index contributed by atoms with van der Waals surface area (Å²) in [6, 6.07) is 36.7. The highest BCUT2D eigenvalue weighted by atomic mass is 16.5. The fraction of sp³-hybridized carbons (Fsp3) is 0.489. The van der Waals surface area contributed by atoms with Crippen molar-refractivity contribution in [1.29, 1.82) is 0 Å². The lowest BCUT2D eigenvalue weighted by atomic mass is 9.93. The monoisotopic (exact) mass is 649 g/mol. The van der Waals surface area contributed by atoms with Gasteiger partial charge < -0.3 is 4.74 Å². The smallest absolute Gasteiger partial charge is 0.118 e. The third-order valence-electron chi connectivity index (χ3n) is 9.18. The Morgan fingerprint density at radius 3 is 1.25 bits per heavy atom. The van der Waals surface area contributed by atoms with Crippen LogP contribution in [0.5, 0.6) is 5.75 Å². The van der Waals surface area contributed by atoms with Crippen molar-refractivity contribution in [3.8, 4) is 5.75 Å². The number of hydrogen-bond acceptors (Lipinski definition) is 1. The highest BCUT2D eigenvalue weighted by molar-refractivity contribution is 5.32. The van der Waals surface area contributed by atoms with Crippen LogP contribution in [-0.4, -0.2) is 7.11 Å². The topological polar surface area (TPSA) is 9.23 Å². The van der Waals surface area contributed by atoms with E-state index in [-0.39, 0.29) is 0 Å². The Hall–Kier alpha value is -3.32. The molecule has 0 heterocycles. The maximum absolute atomic E-state index is 5.09. The summed E-state index contributed by atoms with van der Waals surface area (Å²) in [5.41, 5.74) is 8.83. The van der Waals surface area contributed by atoms with Gasteiger partial charge >= 0.3 is 0 Å². The summed E-state index contributed by atoms with van der Waals surface area (Å²) in [4.78, 5) is 0. The molecule has 1 aliphatic rings. The highest BCUT2D eigenvalue weighted by Crippen LogP contribution is 2.30. The van der Waals surface area contributed by atoms with Gasteiger partial charge in [-0.15, -0.1) is 0 Å². The second kappa shape index (κ2) is 23.1. The fourth-order valence-corrected chi connectivity index (χ4v) is 5.62. The molecule has 1 aliphatic carbocycles. The molecule has 0 atom stereocenters. The predicted octanol–water partition coefficient (Wildman–Crippen LogP) is 13.2. The van der Waals surface area contributed by atoms with Crippen LogP contribution in [0, 0.1) is 36.5 Å².